The summed E-state index contributed by atoms with van der Waals surface area (Å²) in [6.07, 6.45) is 0.370. The first-order valence-corrected chi connectivity index (χ1v) is 7.59. The van der Waals surface area contributed by atoms with Crippen molar-refractivity contribution in [1.82, 2.24) is 10.2 Å². The molecule has 8 heteroatoms. The first kappa shape index (κ1) is 14.1. The maximum atomic E-state index is 11.7. The van der Waals surface area contributed by atoms with Gasteiger partial charge in [-0.1, -0.05) is 46.8 Å². The van der Waals surface area contributed by atoms with Gasteiger partial charge in [0.25, 0.3) is 0 Å². The predicted molar refractivity (Wildman–Crippen MR) is 79.7 cm³/mol. The maximum Gasteiger partial charge on any atom is 0.225 e. The third kappa shape index (κ3) is 4.38. The van der Waals surface area contributed by atoms with Crippen molar-refractivity contribution in [2.24, 2.45) is 0 Å². The van der Waals surface area contributed by atoms with Crippen LogP contribution in [0.5, 0.6) is 0 Å². The molecule has 3 N–H and O–H groups in total. The fourth-order valence-corrected chi connectivity index (χ4v) is 3.11. The van der Waals surface area contributed by atoms with Crippen LogP contribution in [-0.4, -0.2) is 21.9 Å². The minimum Gasteiger partial charge on any atom is -0.374 e. The first-order chi connectivity index (χ1) is 9.15. The summed E-state index contributed by atoms with van der Waals surface area (Å²) in [6, 6.07) is 7.13. The van der Waals surface area contributed by atoms with E-state index in [1.165, 1.54) is 23.1 Å². The van der Waals surface area contributed by atoms with Crippen LogP contribution in [0.2, 0.25) is 5.02 Å². The summed E-state index contributed by atoms with van der Waals surface area (Å²) in [7, 11) is 0. The molecular weight excluding hydrogens is 304 g/mol. The van der Waals surface area contributed by atoms with Gasteiger partial charge in [0.05, 0.1) is 10.7 Å². The number of aromatic nitrogens is 2. The zero-order valence-electron chi connectivity index (χ0n) is 9.80. The van der Waals surface area contributed by atoms with Crippen LogP contribution in [0.25, 0.3) is 0 Å². The van der Waals surface area contributed by atoms with E-state index in [2.05, 4.69) is 15.5 Å². The number of benzene rings is 1. The molecule has 0 unspecified atom stereocenters. The molecule has 1 aromatic carbocycles. The van der Waals surface area contributed by atoms with Crippen LogP contribution in [0.3, 0.4) is 0 Å². The number of nitrogens with two attached hydrogens (primary N) is 1. The fraction of sp³-hybridized carbons (Fsp3) is 0.182. The van der Waals surface area contributed by atoms with Crippen molar-refractivity contribution < 1.29 is 4.79 Å². The molecule has 19 heavy (non-hydrogen) atoms. The summed E-state index contributed by atoms with van der Waals surface area (Å²) < 4.78 is 0.767. The Hall–Kier alpha value is -1.31. The van der Waals surface area contributed by atoms with Crippen molar-refractivity contribution in [3.8, 4) is 0 Å². The number of para-hydroxylation sites is 1. The van der Waals surface area contributed by atoms with Gasteiger partial charge in [0.15, 0.2) is 4.34 Å². The lowest BCUT2D eigenvalue weighted by Gasteiger charge is -2.05. The van der Waals surface area contributed by atoms with Gasteiger partial charge >= 0.3 is 0 Å². The van der Waals surface area contributed by atoms with Crippen LogP contribution in [0.15, 0.2) is 28.6 Å². The Kier molecular flexibility index (Phi) is 5.00. The Balaban J connectivity index is 1.77. The number of rotatable bonds is 5. The summed E-state index contributed by atoms with van der Waals surface area (Å²) in [6.45, 7) is 0. The van der Waals surface area contributed by atoms with Gasteiger partial charge < -0.3 is 11.1 Å². The third-order valence-electron chi connectivity index (χ3n) is 2.12. The van der Waals surface area contributed by atoms with E-state index in [0.717, 1.165) is 4.34 Å². The van der Waals surface area contributed by atoms with Crippen LogP contribution >= 0.6 is 34.7 Å². The molecular formula is C11H11ClN4OS2. The Labute approximate surface area is 123 Å². The molecule has 0 radical (unpaired) electrons. The number of carbonyl (C=O) groups excluding carboxylic acids is 1. The summed E-state index contributed by atoms with van der Waals surface area (Å²) in [5.74, 6) is 0.531. The summed E-state index contributed by atoms with van der Waals surface area (Å²) >= 11 is 8.72. The quantitative estimate of drug-likeness (QED) is 0.829. The zero-order chi connectivity index (χ0) is 13.7. The highest BCUT2D eigenvalue weighted by Crippen LogP contribution is 2.24. The molecule has 0 bridgehead atoms. The third-order valence-corrected chi connectivity index (χ3v) is 4.34. The molecule has 2 rings (SSSR count). The molecule has 0 fully saturated rings. The summed E-state index contributed by atoms with van der Waals surface area (Å²) in [5, 5.41) is 11.3. The van der Waals surface area contributed by atoms with Crippen LogP contribution in [0, 0.1) is 0 Å². The molecule has 5 nitrogen and oxygen atoms in total. The number of amides is 1. The molecule has 2 aromatic rings. The average molecular weight is 315 g/mol. The van der Waals surface area contributed by atoms with Gasteiger partial charge in [-0.2, -0.15) is 0 Å². The maximum absolute atomic E-state index is 11.7. The van der Waals surface area contributed by atoms with Crippen LogP contribution < -0.4 is 11.1 Å². The summed E-state index contributed by atoms with van der Waals surface area (Å²) in [4.78, 5) is 11.7. The lowest BCUT2D eigenvalue weighted by atomic mass is 10.3. The van der Waals surface area contributed by atoms with Gasteiger partial charge in [-0.15, -0.1) is 10.2 Å². The first-order valence-electron chi connectivity index (χ1n) is 5.41. The molecule has 1 heterocycles. The van der Waals surface area contributed by atoms with Crippen LogP contribution in [-0.2, 0) is 4.79 Å². The van der Waals surface area contributed by atoms with E-state index in [1.54, 1.807) is 12.1 Å². The van der Waals surface area contributed by atoms with E-state index in [9.17, 15) is 4.79 Å². The van der Waals surface area contributed by atoms with Gasteiger partial charge in [-0.25, -0.2) is 0 Å². The Morgan fingerprint density at radius 3 is 2.89 bits per heavy atom. The van der Waals surface area contributed by atoms with Crippen molar-refractivity contribution >= 4 is 51.4 Å². The normalized spacial score (nSPS) is 10.4. The Morgan fingerprint density at radius 2 is 2.21 bits per heavy atom. The van der Waals surface area contributed by atoms with Gasteiger partial charge in [-0.05, 0) is 12.1 Å². The molecule has 0 aliphatic carbocycles. The van der Waals surface area contributed by atoms with Gasteiger partial charge in [-0.3, -0.25) is 4.79 Å². The molecule has 100 valence electrons. The van der Waals surface area contributed by atoms with E-state index in [0.29, 0.717) is 28.0 Å². The number of carbonyl (C=O) groups is 1. The fourth-order valence-electron chi connectivity index (χ4n) is 1.29. The van der Waals surface area contributed by atoms with E-state index < -0.39 is 0 Å². The SMILES string of the molecule is Nc1nnc(SCCC(=O)Nc2ccccc2Cl)s1. The lowest BCUT2D eigenvalue weighted by molar-refractivity contribution is -0.115. The minimum atomic E-state index is -0.0851. The number of anilines is 2. The second-order valence-corrected chi connectivity index (χ2v) is 6.29. The van der Waals surface area contributed by atoms with E-state index >= 15 is 0 Å². The molecule has 1 aromatic heterocycles. The molecule has 0 atom stereocenters. The van der Waals surface area contributed by atoms with E-state index in [4.69, 9.17) is 17.3 Å². The number of nitrogens with one attached hydrogen (secondary N) is 1. The van der Waals surface area contributed by atoms with Gasteiger partial charge in [0, 0.05) is 12.2 Å². The van der Waals surface area contributed by atoms with Crippen molar-refractivity contribution in [3.63, 3.8) is 0 Å². The topological polar surface area (TPSA) is 80.9 Å². The molecule has 0 saturated carbocycles. The number of nitrogen functional groups attached to an aromatic ring is 1. The number of hydrogen-bond acceptors (Lipinski definition) is 6. The number of halogens is 1. The second-order valence-electron chi connectivity index (χ2n) is 3.53. The summed E-state index contributed by atoms with van der Waals surface area (Å²) in [5.41, 5.74) is 6.09. The van der Waals surface area contributed by atoms with Gasteiger partial charge in [0.1, 0.15) is 0 Å². The standard InChI is InChI=1S/C11H11ClN4OS2/c12-7-3-1-2-4-8(7)14-9(17)5-6-18-11-16-15-10(13)19-11/h1-4H,5-6H2,(H2,13,15)(H,14,17). The number of thioether (sulfide) groups is 1. The highest BCUT2D eigenvalue weighted by molar-refractivity contribution is 8.01. The van der Waals surface area contributed by atoms with E-state index in [-0.39, 0.29) is 5.91 Å². The molecule has 0 aliphatic rings. The van der Waals surface area contributed by atoms with E-state index in [1.807, 2.05) is 12.1 Å². The highest BCUT2D eigenvalue weighted by Gasteiger charge is 2.07. The molecule has 1 amide bonds. The zero-order valence-corrected chi connectivity index (χ0v) is 12.2. The Bertz CT molecular complexity index is 575. The van der Waals surface area contributed by atoms with Crippen molar-refractivity contribution in [2.75, 3.05) is 16.8 Å². The average Bonchev–Trinajstić information content (AvgIpc) is 2.78. The van der Waals surface area contributed by atoms with Gasteiger partial charge in [0.2, 0.25) is 11.0 Å². The largest absolute Gasteiger partial charge is 0.374 e. The van der Waals surface area contributed by atoms with Crippen molar-refractivity contribution in [1.29, 1.82) is 0 Å². The molecule has 0 saturated heterocycles. The predicted octanol–water partition coefficient (Wildman–Crippen LogP) is 2.89. The van der Waals surface area contributed by atoms with Crippen molar-refractivity contribution in [3.05, 3.63) is 29.3 Å². The smallest absolute Gasteiger partial charge is 0.225 e. The van der Waals surface area contributed by atoms with Crippen LogP contribution in [0.4, 0.5) is 10.8 Å². The molecule has 0 spiro atoms. The monoisotopic (exact) mass is 314 g/mol. The minimum absolute atomic E-state index is 0.0851. The Morgan fingerprint density at radius 1 is 1.42 bits per heavy atom. The lowest BCUT2D eigenvalue weighted by Crippen LogP contribution is -2.12. The van der Waals surface area contributed by atoms with Crippen molar-refractivity contribution in [2.45, 2.75) is 10.8 Å². The number of nitrogens with zero attached hydrogens (tertiary/aromatic N) is 2. The number of hydrogen-bond donors (Lipinski definition) is 2. The second kappa shape index (κ2) is 6.74. The highest BCUT2D eigenvalue weighted by atomic mass is 35.5. The molecule has 0 aliphatic heterocycles. The van der Waals surface area contributed by atoms with Crippen LogP contribution in [0.1, 0.15) is 6.42 Å².